The van der Waals surface area contributed by atoms with Gasteiger partial charge in [0.15, 0.2) is 0 Å². The number of carbonyl (C=O) groups is 2. The van der Waals surface area contributed by atoms with Gasteiger partial charge in [-0.2, -0.15) is 0 Å². The van der Waals surface area contributed by atoms with Gasteiger partial charge >= 0.3 is 11.9 Å². The van der Waals surface area contributed by atoms with Crippen LogP contribution < -0.4 is 0 Å². The van der Waals surface area contributed by atoms with Gasteiger partial charge < -0.3 is 9.84 Å². The molecule has 0 radical (unpaired) electrons. The van der Waals surface area contributed by atoms with E-state index in [0.717, 1.165) is 12.3 Å². The maximum absolute atomic E-state index is 11.8. The van der Waals surface area contributed by atoms with E-state index in [1.54, 1.807) is 0 Å². The summed E-state index contributed by atoms with van der Waals surface area (Å²) in [5.74, 6) is -0.442. The minimum Gasteiger partial charge on any atom is -0.481 e. The van der Waals surface area contributed by atoms with Crippen molar-refractivity contribution in [2.24, 2.45) is 33.5 Å². The van der Waals surface area contributed by atoms with Gasteiger partial charge in [0.05, 0.1) is 6.61 Å². The van der Waals surface area contributed by atoms with Crippen LogP contribution in [-0.4, -0.2) is 23.7 Å². The number of fused-ring (bicyclic) bond motifs is 3. The molecule has 4 aliphatic rings. The smallest absolute Gasteiger partial charge is 0.317 e. The standard InChI is InChI=1S/C23H34O4/c1-20-9-5-17-22(3)8-4-7-21(2,15-27-19(26)13-18(24)25)16(22)6-10-23(17,14-20)12-11-20/h11-12,16-17H,4-10,13-15H2,1-3H3,(H,24,25)/t16-,17-,20-,21-,22-,23+/m1/s1. The first-order chi connectivity index (χ1) is 12.6. The van der Waals surface area contributed by atoms with Gasteiger partial charge in [0.25, 0.3) is 0 Å². The summed E-state index contributed by atoms with van der Waals surface area (Å²) in [5.41, 5.74) is 1.05. The average Bonchev–Trinajstić information content (AvgIpc) is 2.82. The molecule has 0 amide bonds. The molecule has 4 rings (SSSR count). The quantitative estimate of drug-likeness (QED) is 0.428. The molecule has 0 aromatic heterocycles. The monoisotopic (exact) mass is 374 g/mol. The Morgan fingerprint density at radius 2 is 1.78 bits per heavy atom. The van der Waals surface area contributed by atoms with Crippen molar-refractivity contribution in [3.05, 3.63) is 12.2 Å². The summed E-state index contributed by atoms with van der Waals surface area (Å²) in [6, 6.07) is 0. The molecule has 0 unspecified atom stereocenters. The zero-order chi connectivity index (χ0) is 19.5. The van der Waals surface area contributed by atoms with Crippen molar-refractivity contribution in [1.82, 2.24) is 0 Å². The molecule has 0 heterocycles. The van der Waals surface area contributed by atoms with E-state index in [1.807, 2.05) is 0 Å². The summed E-state index contributed by atoms with van der Waals surface area (Å²) >= 11 is 0. The van der Waals surface area contributed by atoms with Crippen molar-refractivity contribution in [3.8, 4) is 0 Å². The summed E-state index contributed by atoms with van der Waals surface area (Å²) in [6.07, 6.45) is 14.4. The molecule has 150 valence electrons. The number of allylic oxidation sites excluding steroid dienone is 2. The average molecular weight is 375 g/mol. The topological polar surface area (TPSA) is 63.6 Å². The van der Waals surface area contributed by atoms with Crippen LogP contribution in [0, 0.1) is 33.5 Å². The third-order valence-corrected chi connectivity index (χ3v) is 8.90. The Morgan fingerprint density at radius 1 is 1.04 bits per heavy atom. The largest absolute Gasteiger partial charge is 0.481 e. The fourth-order valence-corrected chi connectivity index (χ4v) is 7.86. The van der Waals surface area contributed by atoms with Crippen LogP contribution in [0.25, 0.3) is 0 Å². The Bertz CT molecular complexity index is 684. The van der Waals surface area contributed by atoms with Crippen LogP contribution in [0.1, 0.15) is 78.6 Å². The van der Waals surface area contributed by atoms with Gasteiger partial charge in [0.2, 0.25) is 0 Å². The molecule has 1 N–H and O–H groups in total. The number of esters is 1. The van der Waals surface area contributed by atoms with E-state index >= 15 is 0 Å². The van der Waals surface area contributed by atoms with E-state index in [0.29, 0.717) is 28.8 Å². The number of hydrogen-bond acceptors (Lipinski definition) is 3. The summed E-state index contributed by atoms with van der Waals surface area (Å²) in [6.45, 7) is 7.58. The van der Waals surface area contributed by atoms with Gasteiger partial charge in [-0.1, -0.05) is 39.3 Å². The maximum Gasteiger partial charge on any atom is 0.317 e. The zero-order valence-corrected chi connectivity index (χ0v) is 17.1. The highest BCUT2D eigenvalue weighted by Crippen LogP contribution is 2.71. The predicted octanol–water partition coefficient (Wildman–Crippen LogP) is 4.97. The highest BCUT2D eigenvalue weighted by atomic mass is 16.5. The van der Waals surface area contributed by atoms with Crippen LogP contribution in [0.3, 0.4) is 0 Å². The molecule has 0 saturated heterocycles. The molecule has 0 aliphatic heterocycles. The second kappa shape index (κ2) is 6.09. The van der Waals surface area contributed by atoms with E-state index in [9.17, 15) is 9.59 Å². The zero-order valence-electron chi connectivity index (χ0n) is 17.1. The number of aliphatic carboxylic acids is 1. The lowest BCUT2D eigenvalue weighted by Crippen LogP contribution is -2.58. The molecule has 6 atom stereocenters. The van der Waals surface area contributed by atoms with Crippen LogP contribution in [0.5, 0.6) is 0 Å². The normalized spacial score (nSPS) is 47.8. The van der Waals surface area contributed by atoms with Crippen LogP contribution >= 0.6 is 0 Å². The van der Waals surface area contributed by atoms with Crippen molar-refractivity contribution >= 4 is 11.9 Å². The van der Waals surface area contributed by atoms with Gasteiger partial charge in [-0.25, -0.2) is 0 Å². The summed E-state index contributed by atoms with van der Waals surface area (Å²) < 4.78 is 5.47. The van der Waals surface area contributed by atoms with Gasteiger partial charge in [0.1, 0.15) is 6.42 Å². The molecule has 3 saturated carbocycles. The number of carboxylic acids is 1. The molecule has 0 aromatic carbocycles. The highest BCUT2D eigenvalue weighted by Gasteiger charge is 2.63. The lowest BCUT2D eigenvalue weighted by molar-refractivity contribution is -0.173. The Morgan fingerprint density at radius 3 is 2.52 bits per heavy atom. The number of carbonyl (C=O) groups excluding carboxylic acids is 1. The molecule has 0 aromatic rings. The predicted molar refractivity (Wildman–Crippen MR) is 103 cm³/mol. The third kappa shape index (κ3) is 2.94. The Labute approximate surface area is 162 Å². The lowest BCUT2D eigenvalue weighted by Gasteiger charge is -2.64. The summed E-state index contributed by atoms with van der Waals surface area (Å²) in [7, 11) is 0. The van der Waals surface area contributed by atoms with Gasteiger partial charge in [-0.15, -0.1) is 0 Å². The molecule has 4 aliphatic carbocycles. The number of carboxylic acid groups (broad SMARTS) is 1. The molecule has 2 bridgehead atoms. The van der Waals surface area contributed by atoms with Gasteiger partial charge in [-0.3, -0.25) is 9.59 Å². The SMILES string of the molecule is C[C@]12C=C[C@@]3(CC[C@@H]4[C@@](C)(COC(=O)CC(=O)O)CCC[C@@]4(C)[C@H]3CC1)C2. The Hall–Kier alpha value is -1.32. The van der Waals surface area contributed by atoms with E-state index in [2.05, 4.69) is 32.9 Å². The van der Waals surface area contributed by atoms with Gasteiger partial charge in [0, 0.05) is 5.41 Å². The summed E-state index contributed by atoms with van der Waals surface area (Å²) in [5, 5.41) is 8.82. The fourth-order valence-electron chi connectivity index (χ4n) is 7.86. The lowest BCUT2D eigenvalue weighted by atomic mass is 9.40. The van der Waals surface area contributed by atoms with Crippen molar-refractivity contribution in [2.75, 3.05) is 6.61 Å². The Balaban J connectivity index is 1.55. The second-order valence-corrected chi connectivity index (χ2v) is 10.8. The van der Waals surface area contributed by atoms with Crippen LogP contribution in [-0.2, 0) is 14.3 Å². The first-order valence-corrected chi connectivity index (χ1v) is 10.7. The number of hydrogen-bond donors (Lipinski definition) is 1. The van der Waals surface area contributed by atoms with Crippen molar-refractivity contribution in [3.63, 3.8) is 0 Å². The molecule has 3 fully saturated rings. The number of ether oxygens (including phenoxy) is 1. The van der Waals surface area contributed by atoms with Crippen LogP contribution in [0.4, 0.5) is 0 Å². The minimum atomic E-state index is -1.11. The van der Waals surface area contributed by atoms with Crippen molar-refractivity contribution < 1.29 is 19.4 Å². The highest BCUT2D eigenvalue weighted by molar-refractivity contribution is 5.90. The first kappa shape index (κ1) is 19.0. The third-order valence-electron chi connectivity index (χ3n) is 8.90. The molecule has 27 heavy (non-hydrogen) atoms. The first-order valence-electron chi connectivity index (χ1n) is 10.7. The molecule has 4 heteroatoms. The summed E-state index contributed by atoms with van der Waals surface area (Å²) in [4.78, 5) is 22.6. The van der Waals surface area contributed by atoms with Crippen molar-refractivity contribution in [1.29, 1.82) is 0 Å². The van der Waals surface area contributed by atoms with E-state index in [4.69, 9.17) is 9.84 Å². The van der Waals surface area contributed by atoms with E-state index in [-0.39, 0.29) is 5.41 Å². The molecular formula is C23H34O4. The number of rotatable bonds is 4. The fraction of sp³-hybridized carbons (Fsp3) is 0.826. The van der Waals surface area contributed by atoms with Gasteiger partial charge in [-0.05, 0) is 73.0 Å². The van der Waals surface area contributed by atoms with Crippen LogP contribution in [0.2, 0.25) is 0 Å². The molecule has 1 spiro atoms. The van der Waals surface area contributed by atoms with Crippen LogP contribution in [0.15, 0.2) is 12.2 Å². The van der Waals surface area contributed by atoms with Crippen molar-refractivity contribution in [2.45, 2.75) is 78.6 Å². The Kier molecular flexibility index (Phi) is 4.29. The van der Waals surface area contributed by atoms with E-state index < -0.39 is 18.4 Å². The molecule has 4 nitrogen and oxygen atoms in total. The van der Waals surface area contributed by atoms with E-state index in [1.165, 1.54) is 44.9 Å². The maximum atomic E-state index is 11.8. The molecular weight excluding hydrogens is 340 g/mol. The second-order valence-electron chi connectivity index (χ2n) is 10.8. The minimum absolute atomic E-state index is 0.0359.